The minimum absolute atomic E-state index is 0. The van der Waals surface area contributed by atoms with E-state index in [1.165, 1.54) is 61.2 Å². The summed E-state index contributed by atoms with van der Waals surface area (Å²) in [5.41, 5.74) is 19.3. The molecule has 1 atom stereocenters. The molecule has 6 rings (SSSR count). The maximum Gasteiger partial charge on any atom is -1.00 e. The van der Waals surface area contributed by atoms with Crippen molar-refractivity contribution in [2.75, 3.05) is 0 Å². The molecular formula is C55H72Cl2Zr. The molecule has 0 amide bonds. The van der Waals surface area contributed by atoms with Crippen LogP contribution in [0, 0.1) is 25.2 Å². The molecule has 310 valence electrons. The van der Waals surface area contributed by atoms with E-state index in [1.807, 2.05) is 0 Å². The second kappa shape index (κ2) is 16.9. The first-order valence-electron chi connectivity index (χ1n) is 21.4. The number of halogens is 2. The van der Waals surface area contributed by atoms with Crippen molar-refractivity contribution in [2.24, 2.45) is 11.3 Å². The molecule has 0 spiro atoms. The summed E-state index contributed by atoms with van der Waals surface area (Å²) in [5.74, 6) is 0.440. The number of aryl methyl sites for hydroxylation is 2. The summed E-state index contributed by atoms with van der Waals surface area (Å²) in [6.45, 7) is 43.4. The van der Waals surface area contributed by atoms with Gasteiger partial charge in [-0.1, -0.05) is 0 Å². The smallest absolute Gasteiger partial charge is 1.00 e. The Morgan fingerprint density at radius 3 is 1.43 bits per heavy atom. The molecule has 1 unspecified atom stereocenters. The predicted octanol–water partition coefficient (Wildman–Crippen LogP) is 8.48. The molecule has 0 nitrogen and oxygen atoms in total. The maximum atomic E-state index is 2.73. The van der Waals surface area contributed by atoms with Gasteiger partial charge in [0.1, 0.15) is 0 Å². The molecule has 58 heavy (non-hydrogen) atoms. The summed E-state index contributed by atoms with van der Waals surface area (Å²) in [5, 5.41) is 0. The van der Waals surface area contributed by atoms with Gasteiger partial charge in [-0.2, -0.15) is 0 Å². The zero-order valence-corrected chi connectivity index (χ0v) is 43.2. The van der Waals surface area contributed by atoms with Crippen LogP contribution in [0.2, 0.25) is 0 Å². The Morgan fingerprint density at radius 1 is 0.569 bits per heavy atom. The second-order valence-corrected chi connectivity index (χ2v) is 28.1. The third-order valence-electron chi connectivity index (χ3n) is 12.4. The number of hydrogen-bond donors (Lipinski definition) is 0. The quantitative estimate of drug-likeness (QED) is 0.166. The average molecular weight is 895 g/mol. The molecule has 0 fully saturated rings. The van der Waals surface area contributed by atoms with Crippen LogP contribution in [0.25, 0.3) is 11.1 Å². The summed E-state index contributed by atoms with van der Waals surface area (Å²) in [6, 6.07) is 27.1. The molecule has 0 bridgehead atoms. The number of fused-ring (bicyclic) bond motifs is 3. The largest absolute Gasteiger partial charge is 1.00 e. The molecule has 0 radical (unpaired) electrons. The molecular weight excluding hydrogens is 823 g/mol. The fourth-order valence-corrected chi connectivity index (χ4v) is 19.1. The molecule has 0 N–H and O–H groups in total. The normalized spacial score (nSPS) is 15.4. The molecule has 2 aliphatic rings. The minimum Gasteiger partial charge on any atom is -1.00 e. The van der Waals surface area contributed by atoms with E-state index >= 15 is 0 Å². The van der Waals surface area contributed by atoms with Gasteiger partial charge in [-0.25, -0.2) is 0 Å². The molecule has 0 aromatic heterocycles. The molecule has 0 saturated carbocycles. The van der Waals surface area contributed by atoms with Gasteiger partial charge >= 0.3 is 353 Å². The van der Waals surface area contributed by atoms with Crippen LogP contribution in [-0.2, 0) is 49.3 Å². The van der Waals surface area contributed by atoms with Crippen molar-refractivity contribution in [1.29, 1.82) is 0 Å². The van der Waals surface area contributed by atoms with Crippen molar-refractivity contribution < 1.29 is 46.1 Å². The van der Waals surface area contributed by atoms with Crippen molar-refractivity contribution in [3.63, 3.8) is 0 Å². The van der Waals surface area contributed by atoms with Crippen LogP contribution < -0.4 is 28.1 Å². The zero-order chi connectivity index (χ0) is 41.5. The number of rotatable bonds is 5. The van der Waals surface area contributed by atoms with E-state index in [4.69, 9.17) is 0 Å². The van der Waals surface area contributed by atoms with E-state index in [9.17, 15) is 0 Å². The minimum atomic E-state index is -3.16. The topological polar surface area (TPSA) is 0 Å². The first kappa shape index (κ1) is 48.4. The second-order valence-electron chi connectivity index (χ2n) is 22.4. The van der Waals surface area contributed by atoms with Crippen LogP contribution in [0.5, 0.6) is 0 Å². The Morgan fingerprint density at radius 2 is 1.02 bits per heavy atom. The summed E-state index contributed by atoms with van der Waals surface area (Å²) in [6.07, 6.45) is 7.53. The van der Waals surface area contributed by atoms with Crippen LogP contribution in [0.4, 0.5) is 0 Å². The monoisotopic (exact) mass is 892 g/mol. The van der Waals surface area contributed by atoms with E-state index in [2.05, 4.69) is 204 Å². The van der Waals surface area contributed by atoms with Gasteiger partial charge in [0.2, 0.25) is 0 Å². The Bertz CT molecular complexity index is 2210. The summed E-state index contributed by atoms with van der Waals surface area (Å²) >= 11 is -3.16. The summed E-state index contributed by atoms with van der Waals surface area (Å²) in [4.78, 5) is 0. The van der Waals surface area contributed by atoms with Crippen LogP contribution in [0.3, 0.4) is 0 Å². The molecule has 4 aromatic carbocycles. The molecule has 3 heteroatoms. The van der Waals surface area contributed by atoms with Gasteiger partial charge in [0, 0.05) is 0 Å². The van der Waals surface area contributed by atoms with Gasteiger partial charge in [0.05, 0.1) is 0 Å². The van der Waals surface area contributed by atoms with Crippen molar-refractivity contribution in [3.05, 3.63) is 143 Å². The van der Waals surface area contributed by atoms with E-state index in [-0.39, 0.29) is 51.9 Å². The third-order valence-corrected chi connectivity index (χ3v) is 20.3. The average Bonchev–Trinajstić information content (AvgIpc) is 3.67. The van der Waals surface area contributed by atoms with Gasteiger partial charge in [-0.15, -0.1) is 0 Å². The van der Waals surface area contributed by atoms with Gasteiger partial charge in [-0.3, -0.25) is 0 Å². The standard InChI is InChI=1S/C29H41.C15H14.C11H17.2ClH.Zr/c1-26(2,3)22-14-18-13-19-15-23(27(4,5)6)25(29(10,11)12)17-21(19)20(18)16-24(22)28(7,8)9;1-12-3-7-14(8-4-12)11-15-9-5-13(2)6-10-15;1-5-9-6-7-10(8-9)11(2,3)4;;;/h14,16-17H,13H2,1-12H3;3-10H,1-2H3;7-9H,5H2,1-4H3;2*1H;/q;;;;;+2/p-2. The van der Waals surface area contributed by atoms with Crippen molar-refractivity contribution >= 4 is 6.48 Å². The van der Waals surface area contributed by atoms with E-state index in [0.29, 0.717) is 5.92 Å². The first-order valence-corrected chi connectivity index (χ1v) is 25.1. The molecule has 0 saturated heterocycles. The van der Waals surface area contributed by atoms with Gasteiger partial charge < -0.3 is 24.8 Å². The number of hydrogen-bond acceptors (Lipinski definition) is 0. The van der Waals surface area contributed by atoms with Crippen LogP contribution in [0.15, 0.2) is 87.7 Å². The Kier molecular flexibility index (Phi) is 14.1. The fourth-order valence-electron chi connectivity index (χ4n) is 9.27. The fraction of sp³-hybridized carbons (Fsp3) is 0.473. The van der Waals surface area contributed by atoms with E-state index < -0.39 is 21.3 Å². The van der Waals surface area contributed by atoms with Crippen LogP contribution in [0.1, 0.15) is 173 Å². The third kappa shape index (κ3) is 9.44. The van der Waals surface area contributed by atoms with E-state index in [1.54, 1.807) is 20.9 Å². The van der Waals surface area contributed by atoms with Gasteiger partial charge in [0.25, 0.3) is 0 Å². The van der Waals surface area contributed by atoms with Gasteiger partial charge in [0.15, 0.2) is 0 Å². The Hall–Kier alpha value is -2.31. The SMILES string of the molecule is CCC1C=C(C(C)(C)C)C=[C]1[Zr+2](=[C](c1ccc(C)cc1)c1ccc(C)cc1)[c]1c2c(cc(C(C)(C)C)c1C(C)(C)C)-c1cc(C(C)(C)C)c(C(C)(C)C)cc1C2.[Cl-].[Cl-]. The van der Waals surface area contributed by atoms with E-state index in [0.717, 1.165) is 12.8 Å². The predicted molar refractivity (Wildman–Crippen MR) is 244 cm³/mol. The maximum absolute atomic E-state index is 3.16. The summed E-state index contributed by atoms with van der Waals surface area (Å²) < 4.78 is 5.12. The first-order chi connectivity index (χ1) is 25.7. The zero-order valence-electron chi connectivity index (χ0n) is 39.3. The Labute approximate surface area is 374 Å². The van der Waals surface area contributed by atoms with Crippen molar-refractivity contribution in [3.8, 4) is 11.1 Å². The molecule has 4 aromatic rings. The molecule has 0 aliphatic heterocycles. The molecule has 0 heterocycles. The number of allylic oxidation sites excluding steroid dienone is 4. The van der Waals surface area contributed by atoms with Crippen LogP contribution in [-0.4, -0.2) is 3.21 Å². The molecule has 2 aliphatic carbocycles. The van der Waals surface area contributed by atoms with Crippen molar-refractivity contribution in [2.45, 2.75) is 159 Å². The number of benzene rings is 4. The van der Waals surface area contributed by atoms with Gasteiger partial charge in [-0.05, 0) is 0 Å². The van der Waals surface area contributed by atoms with Crippen LogP contribution >= 0.6 is 0 Å². The summed E-state index contributed by atoms with van der Waals surface area (Å²) in [7, 11) is 0. The van der Waals surface area contributed by atoms with Crippen molar-refractivity contribution in [1.82, 2.24) is 0 Å². The Balaban J connectivity index is 0.00000372.